The van der Waals surface area contributed by atoms with Crippen LogP contribution in [0.4, 0.5) is 22.0 Å². The lowest BCUT2D eigenvalue weighted by atomic mass is 9.86. The van der Waals surface area contributed by atoms with Gasteiger partial charge in [0.25, 0.3) is 0 Å². The summed E-state index contributed by atoms with van der Waals surface area (Å²) in [7, 11) is 0. The van der Waals surface area contributed by atoms with Crippen LogP contribution in [0.5, 0.6) is 0 Å². The van der Waals surface area contributed by atoms with E-state index in [-0.39, 0.29) is 11.0 Å². The normalized spacial score (nSPS) is 15.2. The Kier molecular flexibility index (Phi) is 4.49. The molecular formula is C14H17F5O. The summed E-state index contributed by atoms with van der Waals surface area (Å²) in [6, 6.07) is 5.98. The quantitative estimate of drug-likeness (QED) is 0.808. The summed E-state index contributed by atoms with van der Waals surface area (Å²) < 4.78 is 61.9. The van der Waals surface area contributed by atoms with E-state index < -0.39 is 24.6 Å². The van der Waals surface area contributed by atoms with E-state index in [9.17, 15) is 27.1 Å². The molecule has 0 spiro atoms. The number of hydrogen-bond donors (Lipinski definition) is 1. The van der Waals surface area contributed by atoms with Crippen molar-refractivity contribution in [3.63, 3.8) is 0 Å². The van der Waals surface area contributed by atoms with Crippen molar-refractivity contribution in [2.75, 3.05) is 0 Å². The number of hydrogen-bond acceptors (Lipinski definition) is 1. The van der Waals surface area contributed by atoms with Gasteiger partial charge >= 0.3 is 12.1 Å². The lowest BCUT2D eigenvalue weighted by molar-refractivity contribution is -0.290. The number of rotatable bonds is 3. The van der Waals surface area contributed by atoms with E-state index in [1.807, 2.05) is 20.8 Å². The Bertz CT molecular complexity index is 442. The van der Waals surface area contributed by atoms with E-state index in [1.165, 1.54) is 12.1 Å². The van der Waals surface area contributed by atoms with Crippen LogP contribution in [-0.2, 0) is 5.41 Å². The lowest BCUT2D eigenvalue weighted by Gasteiger charge is -2.23. The van der Waals surface area contributed by atoms with Crippen molar-refractivity contribution in [1.82, 2.24) is 0 Å². The lowest BCUT2D eigenvalue weighted by Crippen LogP contribution is -2.37. The van der Waals surface area contributed by atoms with Gasteiger partial charge in [-0.1, -0.05) is 45.0 Å². The first-order chi connectivity index (χ1) is 8.84. The van der Waals surface area contributed by atoms with Crippen LogP contribution in [0.1, 0.15) is 44.4 Å². The van der Waals surface area contributed by atoms with Gasteiger partial charge in [0.1, 0.15) is 0 Å². The summed E-state index contributed by atoms with van der Waals surface area (Å²) in [5, 5.41) is 9.53. The standard InChI is InChI=1S/C14H17F5O/c1-12(2,3)10-6-4-9(5-7-10)11(20)8-13(15,16)14(17,18)19/h4-7,11,20H,8H2,1-3H3. The third-order valence-electron chi connectivity index (χ3n) is 3.03. The van der Waals surface area contributed by atoms with Crippen molar-refractivity contribution in [2.24, 2.45) is 0 Å². The van der Waals surface area contributed by atoms with Gasteiger partial charge in [-0.05, 0) is 16.5 Å². The maximum absolute atomic E-state index is 12.9. The second-order valence-electron chi connectivity index (χ2n) is 5.79. The van der Waals surface area contributed by atoms with Crippen LogP contribution < -0.4 is 0 Å². The second-order valence-corrected chi connectivity index (χ2v) is 5.79. The maximum Gasteiger partial charge on any atom is 0.453 e. The zero-order valence-corrected chi connectivity index (χ0v) is 11.4. The predicted molar refractivity (Wildman–Crippen MR) is 65.7 cm³/mol. The topological polar surface area (TPSA) is 20.2 Å². The van der Waals surface area contributed by atoms with Crippen molar-refractivity contribution in [3.8, 4) is 0 Å². The third-order valence-corrected chi connectivity index (χ3v) is 3.03. The van der Waals surface area contributed by atoms with Crippen molar-refractivity contribution < 1.29 is 27.1 Å². The highest BCUT2D eigenvalue weighted by molar-refractivity contribution is 5.28. The van der Waals surface area contributed by atoms with Gasteiger partial charge in [0.2, 0.25) is 0 Å². The van der Waals surface area contributed by atoms with Gasteiger partial charge in [0.15, 0.2) is 0 Å². The Morgan fingerprint density at radius 3 is 1.75 bits per heavy atom. The molecule has 114 valence electrons. The summed E-state index contributed by atoms with van der Waals surface area (Å²) in [6.45, 7) is 5.82. The highest BCUT2D eigenvalue weighted by Gasteiger charge is 2.58. The summed E-state index contributed by atoms with van der Waals surface area (Å²) in [4.78, 5) is 0. The van der Waals surface area contributed by atoms with E-state index in [0.717, 1.165) is 5.56 Å². The van der Waals surface area contributed by atoms with Crippen LogP contribution in [0.2, 0.25) is 0 Å². The molecule has 20 heavy (non-hydrogen) atoms. The first kappa shape index (κ1) is 16.9. The largest absolute Gasteiger partial charge is 0.453 e. The van der Waals surface area contributed by atoms with E-state index >= 15 is 0 Å². The van der Waals surface area contributed by atoms with Crippen LogP contribution in [-0.4, -0.2) is 17.2 Å². The molecule has 0 aliphatic carbocycles. The van der Waals surface area contributed by atoms with Crippen molar-refractivity contribution in [1.29, 1.82) is 0 Å². The molecule has 0 aliphatic rings. The monoisotopic (exact) mass is 296 g/mol. The molecule has 6 heteroatoms. The molecular weight excluding hydrogens is 279 g/mol. The van der Waals surface area contributed by atoms with Gasteiger partial charge in [-0.25, -0.2) is 0 Å². The second kappa shape index (κ2) is 5.31. The molecule has 1 atom stereocenters. The molecule has 0 aromatic heterocycles. The molecule has 0 radical (unpaired) electrons. The minimum absolute atomic E-state index is 0.0434. The van der Waals surface area contributed by atoms with E-state index in [2.05, 4.69) is 0 Å². The number of aliphatic hydroxyl groups is 1. The Balaban J connectivity index is 2.87. The molecule has 1 nitrogen and oxygen atoms in total. The van der Waals surface area contributed by atoms with Crippen LogP contribution in [0, 0.1) is 0 Å². The van der Waals surface area contributed by atoms with E-state index in [0.29, 0.717) is 0 Å². The number of halogens is 5. The highest BCUT2D eigenvalue weighted by Crippen LogP contribution is 2.41. The minimum atomic E-state index is -5.65. The smallest absolute Gasteiger partial charge is 0.388 e. The number of aliphatic hydroxyl groups excluding tert-OH is 1. The molecule has 0 amide bonds. The van der Waals surface area contributed by atoms with Gasteiger partial charge in [-0.3, -0.25) is 0 Å². The maximum atomic E-state index is 12.9. The van der Waals surface area contributed by atoms with Gasteiger partial charge in [-0.2, -0.15) is 22.0 Å². The molecule has 0 fully saturated rings. The van der Waals surface area contributed by atoms with Crippen LogP contribution in [0.25, 0.3) is 0 Å². The molecule has 0 heterocycles. The minimum Gasteiger partial charge on any atom is -0.388 e. The summed E-state index contributed by atoms with van der Waals surface area (Å²) in [6.07, 6.45) is -9.19. The molecule has 1 N–H and O–H groups in total. The fourth-order valence-corrected chi connectivity index (χ4v) is 1.68. The Hall–Kier alpha value is -1.17. The Morgan fingerprint density at radius 2 is 1.40 bits per heavy atom. The van der Waals surface area contributed by atoms with Gasteiger partial charge < -0.3 is 5.11 Å². The molecule has 0 aliphatic heterocycles. The summed E-state index contributed by atoms with van der Waals surface area (Å²) in [5.41, 5.74) is 0.775. The van der Waals surface area contributed by atoms with Crippen LogP contribution in [0.15, 0.2) is 24.3 Å². The molecule has 1 aromatic rings. The van der Waals surface area contributed by atoms with Crippen molar-refractivity contribution >= 4 is 0 Å². The zero-order valence-electron chi connectivity index (χ0n) is 11.4. The fourth-order valence-electron chi connectivity index (χ4n) is 1.68. The van der Waals surface area contributed by atoms with Crippen molar-refractivity contribution in [2.45, 2.75) is 50.8 Å². The molecule has 0 bridgehead atoms. The molecule has 1 unspecified atom stereocenters. The fraction of sp³-hybridized carbons (Fsp3) is 0.571. The van der Waals surface area contributed by atoms with Gasteiger partial charge in [-0.15, -0.1) is 0 Å². The van der Waals surface area contributed by atoms with E-state index in [1.54, 1.807) is 12.1 Å². The third kappa shape index (κ3) is 3.91. The first-order valence-electron chi connectivity index (χ1n) is 6.07. The van der Waals surface area contributed by atoms with Gasteiger partial charge in [0, 0.05) is 0 Å². The van der Waals surface area contributed by atoms with Gasteiger partial charge in [0.05, 0.1) is 12.5 Å². The highest BCUT2D eigenvalue weighted by atomic mass is 19.4. The molecule has 0 saturated heterocycles. The average Bonchev–Trinajstić information content (AvgIpc) is 2.26. The van der Waals surface area contributed by atoms with Crippen LogP contribution in [0.3, 0.4) is 0 Å². The summed E-state index contributed by atoms with van der Waals surface area (Å²) >= 11 is 0. The molecule has 0 saturated carbocycles. The Morgan fingerprint density at radius 1 is 0.950 bits per heavy atom. The predicted octanol–water partition coefficient (Wildman–Crippen LogP) is 4.61. The molecule has 1 aromatic carbocycles. The first-order valence-corrected chi connectivity index (χ1v) is 6.07. The number of benzene rings is 1. The zero-order chi connectivity index (χ0) is 15.8. The van der Waals surface area contributed by atoms with Crippen molar-refractivity contribution in [3.05, 3.63) is 35.4 Å². The molecule has 1 rings (SSSR count). The number of alkyl halides is 5. The summed E-state index contributed by atoms with van der Waals surface area (Å²) in [5.74, 6) is -4.91. The van der Waals surface area contributed by atoms with E-state index in [4.69, 9.17) is 0 Å². The average molecular weight is 296 g/mol. The Labute approximate surface area is 114 Å². The SMILES string of the molecule is CC(C)(C)c1ccc(C(O)CC(F)(F)C(F)(F)F)cc1. The van der Waals surface area contributed by atoms with Crippen LogP contribution >= 0.6 is 0 Å².